The molecule has 1 saturated carbocycles. The van der Waals surface area contributed by atoms with Crippen LogP contribution in [0.2, 0.25) is 5.02 Å². The van der Waals surface area contributed by atoms with E-state index in [4.69, 9.17) is 16.3 Å². The van der Waals surface area contributed by atoms with E-state index in [9.17, 15) is 9.90 Å². The number of hydrogen-bond donors (Lipinski definition) is 1. The standard InChI is InChI=1S/C24H25ClN4O3/c1-27-22-21(28(15-26-22)13-16-7-9-18(25)10-8-16)23(30)29(24(27)31)19-11-20(12-19)32-14-17-5-3-2-4-6-17/h2-10,15,19-20,24,31H,11-14H2,1H3. The third-order valence-corrected chi connectivity index (χ3v) is 6.49. The van der Waals surface area contributed by atoms with Gasteiger partial charge in [-0.15, -0.1) is 0 Å². The summed E-state index contributed by atoms with van der Waals surface area (Å²) in [6.45, 7) is 1.04. The first-order valence-corrected chi connectivity index (χ1v) is 11.1. The van der Waals surface area contributed by atoms with Gasteiger partial charge in [0.25, 0.3) is 5.91 Å². The van der Waals surface area contributed by atoms with Crippen LogP contribution in [0.5, 0.6) is 0 Å². The first-order chi connectivity index (χ1) is 15.5. The molecule has 8 heteroatoms. The topological polar surface area (TPSA) is 70.8 Å². The van der Waals surface area contributed by atoms with Gasteiger partial charge in [0.15, 0.2) is 11.5 Å². The van der Waals surface area contributed by atoms with Crippen LogP contribution in [-0.2, 0) is 17.9 Å². The predicted octanol–water partition coefficient (Wildman–Crippen LogP) is 3.50. The number of imidazole rings is 1. The van der Waals surface area contributed by atoms with Gasteiger partial charge in [0.2, 0.25) is 6.35 Å². The summed E-state index contributed by atoms with van der Waals surface area (Å²) in [7, 11) is 1.75. The molecule has 1 aromatic heterocycles. The van der Waals surface area contributed by atoms with Crippen molar-refractivity contribution >= 4 is 23.3 Å². The van der Waals surface area contributed by atoms with Crippen molar-refractivity contribution in [2.45, 2.75) is 44.5 Å². The normalized spacial score (nSPS) is 22.6. The van der Waals surface area contributed by atoms with Gasteiger partial charge < -0.3 is 19.3 Å². The van der Waals surface area contributed by atoms with Crippen molar-refractivity contribution in [3.8, 4) is 0 Å². The molecule has 3 aromatic rings. The van der Waals surface area contributed by atoms with E-state index in [1.807, 2.05) is 59.2 Å². The Morgan fingerprint density at radius 1 is 1.09 bits per heavy atom. The first-order valence-electron chi connectivity index (χ1n) is 10.7. The minimum Gasteiger partial charge on any atom is -0.373 e. The van der Waals surface area contributed by atoms with E-state index in [-0.39, 0.29) is 18.1 Å². The van der Waals surface area contributed by atoms with Gasteiger partial charge in [-0.25, -0.2) is 4.98 Å². The number of carbonyl (C=O) groups excluding carboxylic acids is 1. The fraction of sp³-hybridized carbons (Fsp3) is 0.333. The van der Waals surface area contributed by atoms with Crippen LogP contribution >= 0.6 is 11.6 Å². The van der Waals surface area contributed by atoms with E-state index in [1.54, 1.807) is 23.2 Å². The lowest BCUT2D eigenvalue weighted by Gasteiger charge is -2.48. The minimum atomic E-state index is -1.05. The second kappa shape index (κ2) is 8.58. The highest BCUT2D eigenvalue weighted by Crippen LogP contribution is 2.36. The summed E-state index contributed by atoms with van der Waals surface area (Å²) in [4.78, 5) is 21.0. The Balaban J connectivity index is 1.29. The Kier molecular flexibility index (Phi) is 5.63. The Bertz CT molecular complexity index is 1100. The number of anilines is 1. The van der Waals surface area contributed by atoms with Crippen LogP contribution in [0.1, 0.15) is 34.5 Å². The van der Waals surface area contributed by atoms with Gasteiger partial charge in [-0.05, 0) is 36.1 Å². The maximum atomic E-state index is 13.4. The quantitative estimate of drug-likeness (QED) is 0.619. The van der Waals surface area contributed by atoms with Crippen molar-refractivity contribution in [2.75, 3.05) is 11.9 Å². The Morgan fingerprint density at radius 2 is 1.81 bits per heavy atom. The van der Waals surface area contributed by atoms with Crippen molar-refractivity contribution in [2.24, 2.45) is 0 Å². The largest absolute Gasteiger partial charge is 0.373 e. The highest BCUT2D eigenvalue weighted by Gasteiger charge is 2.46. The number of ether oxygens (including phenoxy) is 1. The molecule has 0 spiro atoms. The molecule has 32 heavy (non-hydrogen) atoms. The summed E-state index contributed by atoms with van der Waals surface area (Å²) in [6, 6.07) is 17.5. The predicted molar refractivity (Wildman–Crippen MR) is 121 cm³/mol. The van der Waals surface area contributed by atoms with Gasteiger partial charge in [-0.2, -0.15) is 0 Å². The first kappa shape index (κ1) is 21.0. The number of benzene rings is 2. The van der Waals surface area contributed by atoms with Crippen LogP contribution in [0.15, 0.2) is 60.9 Å². The molecule has 1 unspecified atom stereocenters. The average Bonchev–Trinajstić information content (AvgIpc) is 3.19. The Hall–Kier alpha value is -2.87. The molecule has 0 radical (unpaired) electrons. The van der Waals surface area contributed by atoms with Crippen LogP contribution in [0, 0.1) is 0 Å². The van der Waals surface area contributed by atoms with Crippen molar-refractivity contribution in [1.82, 2.24) is 14.5 Å². The number of aromatic nitrogens is 2. The molecule has 1 amide bonds. The van der Waals surface area contributed by atoms with E-state index in [1.165, 1.54) is 0 Å². The number of aliphatic hydroxyl groups is 1. The maximum Gasteiger partial charge on any atom is 0.278 e. The summed E-state index contributed by atoms with van der Waals surface area (Å²) >= 11 is 5.99. The van der Waals surface area contributed by atoms with Crippen molar-refractivity contribution in [1.29, 1.82) is 0 Å². The molecule has 1 N–H and O–H groups in total. The van der Waals surface area contributed by atoms with Gasteiger partial charge in [0.1, 0.15) is 0 Å². The third kappa shape index (κ3) is 3.88. The van der Waals surface area contributed by atoms with Crippen LogP contribution in [0.3, 0.4) is 0 Å². The molecule has 1 atom stereocenters. The number of rotatable bonds is 6. The summed E-state index contributed by atoms with van der Waals surface area (Å²) in [6.07, 6.45) is 2.07. The lowest BCUT2D eigenvalue weighted by molar-refractivity contribution is -0.0915. The Labute approximate surface area is 191 Å². The van der Waals surface area contributed by atoms with Gasteiger partial charge in [0, 0.05) is 24.7 Å². The SMILES string of the molecule is CN1c2ncn(Cc3ccc(Cl)cc3)c2C(=O)N(C2CC(OCc3ccccc3)C2)C1O. The summed E-state index contributed by atoms with van der Waals surface area (Å²) in [5.41, 5.74) is 2.63. The molecular weight excluding hydrogens is 428 g/mol. The van der Waals surface area contributed by atoms with Crippen molar-refractivity contribution in [3.63, 3.8) is 0 Å². The second-order valence-corrected chi connectivity index (χ2v) is 8.82. The molecule has 1 aliphatic heterocycles. The fourth-order valence-corrected chi connectivity index (χ4v) is 4.45. The molecule has 2 aliphatic rings. The lowest BCUT2D eigenvalue weighted by Crippen LogP contribution is -2.62. The lowest BCUT2D eigenvalue weighted by atomic mass is 9.87. The molecule has 1 aliphatic carbocycles. The van der Waals surface area contributed by atoms with Gasteiger partial charge >= 0.3 is 0 Å². The summed E-state index contributed by atoms with van der Waals surface area (Å²) < 4.78 is 7.82. The number of hydrogen-bond acceptors (Lipinski definition) is 5. The molecular formula is C24H25ClN4O3. The van der Waals surface area contributed by atoms with Crippen LogP contribution < -0.4 is 4.90 Å². The average molecular weight is 453 g/mol. The maximum absolute atomic E-state index is 13.4. The smallest absolute Gasteiger partial charge is 0.278 e. The van der Waals surface area contributed by atoms with Gasteiger partial charge in [-0.1, -0.05) is 54.1 Å². The zero-order valence-electron chi connectivity index (χ0n) is 17.8. The zero-order valence-corrected chi connectivity index (χ0v) is 18.5. The molecule has 2 heterocycles. The van der Waals surface area contributed by atoms with Gasteiger partial charge in [-0.3, -0.25) is 9.69 Å². The van der Waals surface area contributed by atoms with E-state index in [2.05, 4.69) is 4.98 Å². The molecule has 7 nitrogen and oxygen atoms in total. The van der Waals surface area contributed by atoms with E-state index in [0.29, 0.717) is 42.5 Å². The summed E-state index contributed by atoms with van der Waals surface area (Å²) in [5, 5.41) is 11.5. The number of amides is 1. The van der Waals surface area contributed by atoms with Crippen molar-refractivity contribution < 1.29 is 14.6 Å². The molecule has 2 aromatic carbocycles. The van der Waals surface area contributed by atoms with E-state index in [0.717, 1.165) is 11.1 Å². The van der Waals surface area contributed by atoms with E-state index < -0.39 is 6.35 Å². The van der Waals surface area contributed by atoms with Crippen LogP contribution in [-0.4, -0.2) is 51.0 Å². The number of carbonyl (C=O) groups is 1. The van der Waals surface area contributed by atoms with E-state index >= 15 is 0 Å². The monoisotopic (exact) mass is 452 g/mol. The number of aliphatic hydroxyl groups excluding tert-OH is 1. The number of fused-ring (bicyclic) bond motifs is 1. The van der Waals surface area contributed by atoms with Gasteiger partial charge in [0.05, 0.1) is 19.0 Å². The van der Waals surface area contributed by atoms with Crippen LogP contribution in [0.4, 0.5) is 5.82 Å². The molecule has 5 rings (SSSR count). The molecule has 0 saturated heterocycles. The Morgan fingerprint density at radius 3 is 2.53 bits per heavy atom. The third-order valence-electron chi connectivity index (χ3n) is 6.24. The molecule has 166 valence electrons. The highest BCUT2D eigenvalue weighted by atomic mass is 35.5. The zero-order chi connectivity index (χ0) is 22.2. The second-order valence-electron chi connectivity index (χ2n) is 8.38. The number of nitrogens with zero attached hydrogens (tertiary/aromatic N) is 4. The number of halogens is 1. The molecule has 1 fully saturated rings. The molecule has 0 bridgehead atoms. The van der Waals surface area contributed by atoms with Crippen LogP contribution in [0.25, 0.3) is 0 Å². The highest BCUT2D eigenvalue weighted by molar-refractivity contribution is 6.30. The fourth-order valence-electron chi connectivity index (χ4n) is 4.32. The van der Waals surface area contributed by atoms with Crippen molar-refractivity contribution in [3.05, 3.63) is 82.8 Å². The minimum absolute atomic E-state index is 0.0749. The summed E-state index contributed by atoms with van der Waals surface area (Å²) in [5.74, 6) is 0.285.